The van der Waals surface area contributed by atoms with Crippen LogP contribution in [0.25, 0.3) is 10.8 Å². The predicted molar refractivity (Wildman–Crippen MR) is 67.5 cm³/mol. The minimum Gasteiger partial charge on any atom is -0.398 e. The molecule has 0 aliphatic carbocycles. The second-order valence-corrected chi connectivity index (χ2v) is 4.47. The molecule has 0 aliphatic rings. The molecule has 2 heteroatoms. The van der Waals surface area contributed by atoms with Gasteiger partial charge in [0.05, 0.1) is 0 Å². The number of nitrogen functional groups attached to an aromatic ring is 1. The average Bonchev–Trinajstić information content (AvgIpc) is 2.19. The zero-order chi connectivity index (χ0) is 11.0. The fourth-order valence-corrected chi connectivity index (χ4v) is 2.10. The van der Waals surface area contributed by atoms with Gasteiger partial charge >= 0.3 is 0 Å². The molecule has 78 valence electrons. The molecule has 1 nitrogen and oxygen atoms in total. The first kappa shape index (κ1) is 10.3. The first-order chi connectivity index (χ1) is 7.11. The minimum absolute atomic E-state index is 0.438. The van der Waals surface area contributed by atoms with Gasteiger partial charge in [0.1, 0.15) is 0 Å². The first-order valence-electron chi connectivity index (χ1n) is 5.08. The number of hydrogen-bond donors (Lipinski definition) is 1. The van der Waals surface area contributed by atoms with Crippen molar-refractivity contribution in [2.24, 2.45) is 0 Å². The van der Waals surface area contributed by atoms with E-state index in [4.69, 9.17) is 17.3 Å². The summed E-state index contributed by atoms with van der Waals surface area (Å²) >= 11 is 6.11. The van der Waals surface area contributed by atoms with E-state index in [-0.39, 0.29) is 0 Å². The highest BCUT2D eigenvalue weighted by atomic mass is 35.5. The first-order valence-corrected chi connectivity index (χ1v) is 5.45. The van der Waals surface area contributed by atoms with Crippen LogP contribution in [0.15, 0.2) is 30.3 Å². The highest BCUT2D eigenvalue weighted by molar-refractivity contribution is 6.35. The molecule has 2 aromatic rings. The summed E-state index contributed by atoms with van der Waals surface area (Å²) in [5.74, 6) is 0.438. The smallest absolute Gasteiger partial charge is 0.0485 e. The normalized spacial score (nSPS) is 11.2. The Kier molecular flexibility index (Phi) is 2.57. The monoisotopic (exact) mass is 219 g/mol. The van der Waals surface area contributed by atoms with E-state index < -0.39 is 0 Å². The van der Waals surface area contributed by atoms with Gasteiger partial charge < -0.3 is 5.73 Å². The lowest BCUT2D eigenvalue weighted by atomic mass is 9.97. The van der Waals surface area contributed by atoms with Crippen LogP contribution in [0, 0.1) is 0 Å². The Morgan fingerprint density at radius 2 is 1.80 bits per heavy atom. The molecule has 0 amide bonds. The minimum atomic E-state index is 0.438. The molecule has 0 spiro atoms. The van der Waals surface area contributed by atoms with Crippen LogP contribution in [0.5, 0.6) is 0 Å². The van der Waals surface area contributed by atoms with Crippen LogP contribution in [0.3, 0.4) is 0 Å². The molecule has 0 heterocycles. The van der Waals surface area contributed by atoms with Gasteiger partial charge in [-0.2, -0.15) is 0 Å². The predicted octanol–water partition coefficient (Wildman–Crippen LogP) is 4.20. The van der Waals surface area contributed by atoms with Gasteiger partial charge in [-0.05, 0) is 17.5 Å². The van der Waals surface area contributed by atoms with Crippen LogP contribution < -0.4 is 5.73 Å². The third-order valence-electron chi connectivity index (χ3n) is 2.71. The van der Waals surface area contributed by atoms with Crippen molar-refractivity contribution in [2.45, 2.75) is 19.8 Å². The van der Waals surface area contributed by atoms with E-state index in [9.17, 15) is 0 Å². The standard InChI is InChI=1S/C13H14ClN/c1-8(2)9-6-7-10-11(13(9)15)4-3-5-12(10)14/h3-8H,15H2,1-2H3. The van der Waals surface area contributed by atoms with E-state index in [1.165, 1.54) is 5.56 Å². The van der Waals surface area contributed by atoms with E-state index in [1.54, 1.807) is 0 Å². The van der Waals surface area contributed by atoms with E-state index in [2.05, 4.69) is 19.9 Å². The number of anilines is 1. The Hall–Kier alpha value is -1.21. The summed E-state index contributed by atoms with van der Waals surface area (Å²) in [6.45, 7) is 4.28. The van der Waals surface area contributed by atoms with Gasteiger partial charge in [0, 0.05) is 21.5 Å². The Morgan fingerprint density at radius 1 is 1.07 bits per heavy atom. The quantitative estimate of drug-likeness (QED) is 0.715. The zero-order valence-electron chi connectivity index (χ0n) is 8.92. The molecular weight excluding hydrogens is 206 g/mol. The van der Waals surface area contributed by atoms with Gasteiger partial charge in [-0.15, -0.1) is 0 Å². The van der Waals surface area contributed by atoms with E-state index in [0.717, 1.165) is 21.5 Å². The number of rotatable bonds is 1. The van der Waals surface area contributed by atoms with Crippen molar-refractivity contribution in [1.29, 1.82) is 0 Å². The fourth-order valence-electron chi connectivity index (χ4n) is 1.86. The third-order valence-corrected chi connectivity index (χ3v) is 3.04. The molecule has 0 saturated heterocycles. The largest absolute Gasteiger partial charge is 0.398 e. The maximum Gasteiger partial charge on any atom is 0.0485 e. The summed E-state index contributed by atoms with van der Waals surface area (Å²) in [5, 5.41) is 2.84. The van der Waals surface area contributed by atoms with Gasteiger partial charge in [-0.3, -0.25) is 0 Å². The lowest BCUT2D eigenvalue weighted by Gasteiger charge is -2.12. The van der Waals surface area contributed by atoms with Crippen LogP contribution in [0.4, 0.5) is 5.69 Å². The van der Waals surface area contributed by atoms with Crippen molar-refractivity contribution in [3.8, 4) is 0 Å². The van der Waals surface area contributed by atoms with Crippen molar-refractivity contribution < 1.29 is 0 Å². The molecule has 2 aromatic carbocycles. The topological polar surface area (TPSA) is 26.0 Å². The summed E-state index contributed by atoms with van der Waals surface area (Å²) in [6, 6.07) is 9.95. The van der Waals surface area contributed by atoms with E-state index in [1.807, 2.05) is 24.3 Å². The zero-order valence-corrected chi connectivity index (χ0v) is 9.68. The summed E-state index contributed by atoms with van der Waals surface area (Å²) in [7, 11) is 0. The summed E-state index contributed by atoms with van der Waals surface area (Å²) in [4.78, 5) is 0. The number of nitrogens with two attached hydrogens (primary N) is 1. The van der Waals surface area contributed by atoms with E-state index >= 15 is 0 Å². The Morgan fingerprint density at radius 3 is 2.47 bits per heavy atom. The lowest BCUT2D eigenvalue weighted by Crippen LogP contribution is -1.97. The second kappa shape index (κ2) is 3.74. The van der Waals surface area contributed by atoms with Gasteiger partial charge in [0.25, 0.3) is 0 Å². The van der Waals surface area contributed by atoms with Crippen molar-refractivity contribution in [3.63, 3.8) is 0 Å². The molecule has 15 heavy (non-hydrogen) atoms. The molecule has 0 radical (unpaired) electrons. The molecular formula is C13H14ClN. The highest BCUT2D eigenvalue weighted by Crippen LogP contribution is 2.32. The maximum absolute atomic E-state index is 6.13. The molecule has 0 aliphatic heterocycles. The molecule has 0 unspecified atom stereocenters. The number of halogens is 1. The number of fused-ring (bicyclic) bond motifs is 1. The summed E-state index contributed by atoms with van der Waals surface area (Å²) < 4.78 is 0. The molecule has 0 fully saturated rings. The summed E-state index contributed by atoms with van der Waals surface area (Å²) in [6.07, 6.45) is 0. The SMILES string of the molecule is CC(C)c1ccc2c(Cl)cccc2c1N. The van der Waals surface area contributed by atoms with Gasteiger partial charge in [-0.1, -0.05) is 49.7 Å². The molecule has 2 N–H and O–H groups in total. The molecule has 0 saturated carbocycles. The average molecular weight is 220 g/mol. The molecule has 2 rings (SSSR count). The van der Waals surface area contributed by atoms with Gasteiger partial charge in [-0.25, -0.2) is 0 Å². The van der Waals surface area contributed by atoms with Crippen LogP contribution in [0.1, 0.15) is 25.3 Å². The van der Waals surface area contributed by atoms with E-state index in [0.29, 0.717) is 5.92 Å². The number of benzene rings is 2. The Balaban J connectivity index is 2.80. The summed E-state index contributed by atoms with van der Waals surface area (Å²) in [5.41, 5.74) is 8.17. The van der Waals surface area contributed by atoms with Crippen LogP contribution in [-0.4, -0.2) is 0 Å². The third kappa shape index (κ3) is 1.68. The van der Waals surface area contributed by atoms with Crippen molar-refractivity contribution in [3.05, 3.63) is 40.9 Å². The van der Waals surface area contributed by atoms with Gasteiger partial charge in [0.15, 0.2) is 0 Å². The lowest BCUT2D eigenvalue weighted by molar-refractivity contribution is 0.872. The maximum atomic E-state index is 6.13. The van der Waals surface area contributed by atoms with Crippen LogP contribution in [-0.2, 0) is 0 Å². The second-order valence-electron chi connectivity index (χ2n) is 4.06. The Labute approximate surface area is 94.9 Å². The highest BCUT2D eigenvalue weighted by Gasteiger charge is 2.08. The van der Waals surface area contributed by atoms with Crippen LogP contribution in [0.2, 0.25) is 5.02 Å². The van der Waals surface area contributed by atoms with Crippen molar-refractivity contribution >= 4 is 28.1 Å². The van der Waals surface area contributed by atoms with Gasteiger partial charge in [0.2, 0.25) is 0 Å². The van der Waals surface area contributed by atoms with Crippen molar-refractivity contribution in [1.82, 2.24) is 0 Å². The van der Waals surface area contributed by atoms with Crippen LogP contribution >= 0.6 is 11.6 Å². The molecule has 0 atom stereocenters. The van der Waals surface area contributed by atoms with Crippen molar-refractivity contribution in [2.75, 3.05) is 5.73 Å². The number of hydrogen-bond acceptors (Lipinski definition) is 1. The Bertz CT molecular complexity index is 503. The molecule has 0 aromatic heterocycles. The fraction of sp³-hybridized carbons (Fsp3) is 0.231. The molecule has 0 bridgehead atoms.